The van der Waals surface area contributed by atoms with Gasteiger partial charge in [-0.2, -0.15) is 0 Å². The number of aromatic nitrogens is 2. The molecule has 3 aromatic rings. The lowest BCUT2D eigenvalue weighted by atomic mass is 10.1. The molecule has 0 aliphatic heterocycles. The van der Waals surface area contributed by atoms with E-state index in [1.165, 1.54) is 0 Å². The molecule has 1 atom stereocenters. The van der Waals surface area contributed by atoms with Crippen molar-refractivity contribution in [2.45, 2.75) is 53.1 Å². The number of fused-ring (bicyclic) bond motifs is 1. The number of nitrogens with one attached hydrogen (secondary N) is 1. The molecule has 6 nitrogen and oxygen atoms in total. The molecule has 0 radical (unpaired) electrons. The molecule has 0 aliphatic carbocycles. The molecule has 0 bridgehead atoms. The monoisotopic (exact) mass is 498 g/mol. The lowest BCUT2D eigenvalue weighted by Gasteiger charge is -2.32. The largest absolute Gasteiger partial charge is 0.322 e. The second kappa shape index (κ2) is 10.8. The van der Waals surface area contributed by atoms with Crippen LogP contribution in [0.4, 0.5) is 10.5 Å². The van der Waals surface area contributed by atoms with Crippen LogP contribution in [0.1, 0.15) is 52.4 Å². The van der Waals surface area contributed by atoms with Gasteiger partial charge in [-0.1, -0.05) is 48.8 Å². The number of hydrogen-bond donors (Lipinski definition) is 1. The van der Waals surface area contributed by atoms with Gasteiger partial charge in [-0.25, -0.2) is 9.78 Å². The van der Waals surface area contributed by atoms with Crippen molar-refractivity contribution in [2.75, 3.05) is 11.9 Å². The molecule has 1 unspecified atom stereocenters. The highest BCUT2D eigenvalue weighted by molar-refractivity contribution is 9.10. The molecule has 1 N–H and O–H groups in total. The Morgan fingerprint density at radius 2 is 1.81 bits per heavy atom. The molecule has 0 saturated heterocycles. The summed E-state index contributed by atoms with van der Waals surface area (Å²) >= 11 is 3.43. The van der Waals surface area contributed by atoms with Crippen LogP contribution in [0.3, 0.4) is 0 Å². The number of rotatable bonds is 8. The third kappa shape index (κ3) is 5.38. The van der Waals surface area contributed by atoms with Crippen molar-refractivity contribution < 1.29 is 4.79 Å². The SMILES string of the molecule is CCC(c1nc2ccccc2c(=O)n1CC)N(CCC(C)C)C(=O)Nc1ccc(Br)cc1. The van der Waals surface area contributed by atoms with Crippen LogP contribution in [-0.2, 0) is 6.54 Å². The third-order valence-electron chi connectivity index (χ3n) is 5.57. The molecule has 2 amide bonds. The van der Waals surface area contributed by atoms with E-state index in [0.29, 0.717) is 42.2 Å². The molecule has 170 valence electrons. The number of para-hydroxylation sites is 1. The first-order chi connectivity index (χ1) is 15.3. The molecule has 0 aliphatic rings. The molecule has 32 heavy (non-hydrogen) atoms. The van der Waals surface area contributed by atoms with Gasteiger partial charge in [0, 0.05) is 23.2 Å². The van der Waals surface area contributed by atoms with Gasteiger partial charge in [0.25, 0.3) is 5.56 Å². The number of benzene rings is 2. The van der Waals surface area contributed by atoms with Gasteiger partial charge < -0.3 is 10.2 Å². The fourth-order valence-electron chi connectivity index (χ4n) is 3.81. The Bertz CT molecular complexity index is 1120. The van der Waals surface area contributed by atoms with Crippen molar-refractivity contribution in [3.63, 3.8) is 0 Å². The van der Waals surface area contributed by atoms with Gasteiger partial charge in [0.05, 0.1) is 16.9 Å². The molecule has 1 heterocycles. The van der Waals surface area contributed by atoms with Crippen molar-refractivity contribution in [3.8, 4) is 0 Å². The van der Waals surface area contributed by atoms with Crippen molar-refractivity contribution in [1.82, 2.24) is 14.5 Å². The quantitative estimate of drug-likeness (QED) is 0.401. The maximum Gasteiger partial charge on any atom is 0.322 e. The van der Waals surface area contributed by atoms with E-state index >= 15 is 0 Å². The molecule has 0 fully saturated rings. The Hall–Kier alpha value is -2.67. The topological polar surface area (TPSA) is 67.2 Å². The summed E-state index contributed by atoms with van der Waals surface area (Å²) in [7, 11) is 0. The van der Waals surface area contributed by atoms with E-state index in [1.807, 2.05) is 61.2 Å². The van der Waals surface area contributed by atoms with E-state index in [1.54, 1.807) is 10.6 Å². The van der Waals surface area contributed by atoms with Gasteiger partial charge in [-0.15, -0.1) is 0 Å². The molecule has 2 aromatic carbocycles. The van der Waals surface area contributed by atoms with Gasteiger partial charge >= 0.3 is 6.03 Å². The van der Waals surface area contributed by atoms with E-state index in [2.05, 4.69) is 35.1 Å². The summed E-state index contributed by atoms with van der Waals surface area (Å²) in [6.07, 6.45) is 1.50. The Balaban J connectivity index is 2.04. The standard InChI is InChI=1S/C25H31BrN4O2/c1-5-22(23-28-21-10-8-7-9-20(21)24(31)29(23)6-2)30(16-15-17(3)4)25(32)27-19-13-11-18(26)12-14-19/h7-14,17,22H,5-6,15-16H2,1-4H3,(H,27,32). The van der Waals surface area contributed by atoms with Crippen LogP contribution in [0.15, 0.2) is 57.8 Å². The van der Waals surface area contributed by atoms with Crippen LogP contribution in [0.25, 0.3) is 10.9 Å². The van der Waals surface area contributed by atoms with Crippen molar-refractivity contribution in [1.29, 1.82) is 0 Å². The van der Waals surface area contributed by atoms with E-state index in [-0.39, 0.29) is 17.6 Å². The Morgan fingerprint density at radius 1 is 1.12 bits per heavy atom. The van der Waals surface area contributed by atoms with Crippen LogP contribution in [-0.4, -0.2) is 27.0 Å². The lowest BCUT2D eigenvalue weighted by molar-refractivity contribution is 0.175. The van der Waals surface area contributed by atoms with Gasteiger partial charge in [-0.3, -0.25) is 9.36 Å². The highest BCUT2D eigenvalue weighted by atomic mass is 79.9. The zero-order valence-corrected chi connectivity index (χ0v) is 20.7. The van der Waals surface area contributed by atoms with Gasteiger partial charge in [0.2, 0.25) is 0 Å². The molecule has 7 heteroatoms. The van der Waals surface area contributed by atoms with Crippen LogP contribution in [0.2, 0.25) is 0 Å². The first-order valence-electron chi connectivity index (χ1n) is 11.2. The number of urea groups is 1. The predicted molar refractivity (Wildman–Crippen MR) is 134 cm³/mol. The molecular formula is C25H31BrN4O2. The van der Waals surface area contributed by atoms with Crippen LogP contribution in [0.5, 0.6) is 0 Å². The van der Waals surface area contributed by atoms with Gasteiger partial charge in [0.1, 0.15) is 5.82 Å². The van der Waals surface area contributed by atoms with Crippen molar-refractivity contribution in [3.05, 3.63) is 69.2 Å². The third-order valence-corrected chi connectivity index (χ3v) is 6.10. The zero-order valence-electron chi connectivity index (χ0n) is 19.1. The summed E-state index contributed by atoms with van der Waals surface area (Å²) in [4.78, 5) is 33.3. The summed E-state index contributed by atoms with van der Waals surface area (Å²) in [5.41, 5.74) is 1.32. The normalized spacial score (nSPS) is 12.2. The Kier molecular flexibility index (Phi) is 8.07. The average Bonchev–Trinajstić information content (AvgIpc) is 2.78. The number of carbonyl (C=O) groups excluding carboxylic acids is 1. The van der Waals surface area contributed by atoms with Crippen LogP contribution < -0.4 is 10.9 Å². The fourth-order valence-corrected chi connectivity index (χ4v) is 4.08. The molecule has 1 aromatic heterocycles. The second-order valence-corrected chi connectivity index (χ2v) is 9.19. The van der Waals surface area contributed by atoms with E-state index < -0.39 is 0 Å². The first-order valence-corrected chi connectivity index (χ1v) is 12.0. The van der Waals surface area contributed by atoms with E-state index in [9.17, 15) is 9.59 Å². The lowest BCUT2D eigenvalue weighted by Crippen LogP contribution is -2.41. The average molecular weight is 499 g/mol. The fraction of sp³-hybridized carbons (Fsp3) is 0.400. The summed E-state index contributed by atoms with van der Waals surface area (Å²) in [6.45, 7) is 9.32. The van der Waals surface area contributed by atoms with Crippen molar-refractivity contribution >= 4 is 38.6 Å². The highest BCUT2D eigenvalue weighted by Gasteiger charge is 2.28. The minimum absolute atomic E-state index is 0.0660. The minimum atomic E-state index is -0.318. The van der Waals surface area contributed by atoms with E-state index in [0.717, 1.165) is 16.6 Å². The summed E-state index contributed by atoms with van der Waals surface area (Å²) in [5, 5.41) is 3.62. The smallest absolute Gasteiger partial charge is 0.314 e. The summed E-state index contributed by atoms with van der Waals surface area (Å²) in [5.74, 6) is 1.07. The number of halogens is 1. The molecule has 0 spiro atoms. The van der Waals surface area contributed by atoms with Crippen LogP contribution >= 0.6 is 15.9 Å². The Labute approximate surface area is 197 Å². The number of anilines is 1. The predicted octanol–water partition coefficient (Wildman–Crippen LogP) is 6.21. The maximum absolute atomic E-state index is 13.4. The summed E-state index contributed by atoms with van der Waals surface area (Å²) < 4.78 is 2.65. The number of hydrogen-bond acceptors (Lipinski definition) is 3. The van der Waals surface area contributed by atoms with Crippen LogP contribution in [0, 0.1) is 5.92 Å². The van der Waals surface area contributed by atoms with Gasteiger partial charge in [0.15, 0.2) is 0 Å². The Morgan fingerprint density at radius 3 is 2.44 bits per heavy atom. The molecule has 3 rings (SSSR count). The van der Waals surface area contributed by atoms with Gasteiger partial charge in [-0.05, 0) is 62.1 Å². The highest BCUT2D eigenvalue weighted by Crippen LogP contribution is 2.26. The first kappa shape index (κ1) is 24.0. The van der Waals surface area contributed by atoms with E-state index in [4.69, 9.17) is 4.98 Å². The molecule has 0 saturated carbocycles. The van der Waals surface area contributed by atoms with Crippen molar-refractivity contribution in [2.24, 2.45) is 5.92 Å². The summed E-state index contributed by atoms with van der Waals surface area (Å²) in [6, 6.07) is 14.4. The zero-order chi connectivity index (χ0) is 23.3. The number of nitrogens with zero attached hydrogens (tertiary/aromatic N) is 3. The number of carbonyl (C=O) groups is 1. The molecular weight excluding hydrogens is 468 g/mol. The minimum Gasteiger partial charge on any atom is -0.314 e. The second-order valence-electron chi connectivity index (χ2n) is 8.27. The number of amides is 2. The maximum atomic E-state index is 13.4.